The summed E-state index contributed by atoms with van der Waals surface area (Å²) in [6, 6.07) is 7.62. The quantitative estimate of drug-likeness (QED) is 0.721. The van der Waals surface area contributed by atoms with Crippen molar-refractivity contribution >= 4 is 12.0 Å². The van der Waals surface area contributed by atoms with E-state index in [-0.39, 0.29) is 6.61 Å². The van der Waals surface area contributed by atoms with Crippen LogP contribution < -0.4 is 0 Å². The second kappa shape index (κ2) is 5.98. The van der Waals surface area contributed by atoms with E-state index in [0.717, 1.165) is 30.0 Å². The van der Waals surface area contributed by atoms with Gasteiger partial charge >= 0.3 is 5.97 Å². The van der Waals surface area contributed by atoms with E-state index in [1.54, 1.807) is 6.08 Å². The number of aliphatic hydroxyl groups is 1. The number of carbonyl (C=O) groups is 1. The lowest BCUT2D eigenvalue weighted by Crippen LogP contribution is -1.89. The number of benzene rings is 1. The highest BCUT2D eigenvalue weighted by molar-refractivity contribution is 5.85. The van der Waals surface area contributed by atoms with Gasteiger partial charge in [0.25, 0.3) is 0 Å². The van der Waals surface area contributed by atoms with Crippen molar-refractivity contribution in [2.24, 2.45) is 0 Å². The lowest BCUT2D eigenvalue weighted by molar-refractivity contribution is -0.131. The van der Waals surface area contributed by atoms with Crippen LogP contribution in [0.4, 0.5) is 0 Å². The third-order valence-electron chi connectivity index (χ3n) is 2.02. The number of hydrogen-bond acceptors (Lipinski definition) is 2. The van der Waals surface area contributed by atoms with E-state index in [0.29, 0.717) is 0 Å². The number of aliphatic hydroxyl groups excluding tert-OH is 1. The lowest BCUT2D eigenvalue weighted by Gasteiger charge is -1.99. The van der Waals surface area contributed by atoms with Crippen LogP contribution in [0, 0.1) is 0 Å². The summed E-state index contributed by atoms with van der Waals surface area (Å²) in [4.78, 5) is 10.3. The third kappa shape index (κ3) is 4.42. The zero-order valence-corrected chi connectivity index (χ0v) is 8.39. The molecular formula is C12H14O3. The number of rotatable bonds is 5. The molecule has 80 valence electrons. The Kier molecular flexibility index (Phi) is 4.57. The van der Waals surface area contributed by atoms with Gasteiger partial charge in [-0.25, -0.2) is 4.79 Å². The summed E-state index contributed by atoms with van der Waals surface area (Å²) in [6.45, 7) is 0.195. The lowest BCUT2D eigenvalue weighted by atomic mass is 10.1. The first kappa shape index (κ1) is 11.5. The molecule has 0 bridgehead atoms. The molecule has 1 aromatic carbocycles. The monoisotopic (exact) mass is 206 g/mol. The molecule has 3 heteroatoms. The van der Waals surface area contributed by atoms with Crippen LogP contribution in [0.3, 0.4) is 0 Å². The molecule has 1 aromatic rings. The molecule has 0 saturated carbocycles. The largest absolute Gasteiger partial charge is 0.478 e. The summed E-state index contributed by atoms with van der Waals surface area (Å²) in [5, 5.41) is 17.1. The zero-order valence-electron chi connectivity index (χ0n) is 8.39. The van der Waals surface area contributed by atoms with Gasteiger partial charge in [-0.05, 0) is 30.0 Å². The van der Waals surface area contributed by atoms with Crippen molar-refractivity contribution < 1.29 is 15.0 Å². The molecule has 0 heterocycles. The minimum Gasteiger partial charge on any atom is -0.478 e. The zero-order chi connectivity index (χ0) is 11.1. The van der Waals surface area contributed by atoms with Crippen LogP contribution in [0.2, 0.25) is 0 Å². The summed E-state index contributed by atoms with van der Waals surface area (Å²) >= 11 is 0. The SMILES string of the molecule is O=C(O)C=Cc1ccc(CCCO)cc1. The minimum atomic E-state index is -0.945. The average molecular weight is 206 g/mol. The molecular weight excluding hydrogens is 192 g/mol. The maximum atomic E-state index is 10.3. The first-order valence-electron chi connectivity index (χ1n) is 4.83. The van der Waals surface area contributed by atoms with E-state index in [1.807, 2.05) is 24.3 Å². The Morgan fingerprint density at radius 3 is 2.47 bits per heavy atom. The summed E-state index contributed by atoms with van der Waals surface area (Å²) in [5.41, 5.74) is 2.02. The van der Waals surface area contributed by atoms with Crippen LogP contribution >= 0.6 is 0 Å². The van der Waals surface area contributed by atoms with Crippen molar-refractivity contribution in [2.75, 3.05) is 6.61 Å². The fraction of sp³-hybridized carbons (Fsp3) is 0.250. The van der Waals surface area contributed by atoms with Gasteiger partial charge in [0.1, 0.15) is 0 Å². The van der Waals surface area contributed by atoms with Gasteiger partial charge < -0.3 is 10.2 Å². The normalized spacial score (nSPS) is 10.7. The van der Waals surface area contributed by atoms with Crippen molar-refractivity contribution in [2.45, 2.75) is 12.8 Å². The highest BCUT2D eigenvalue weighted by atomic mass is 16.4. The van der Waals surface area contributed by atoms with Crippen LogP contribution in [-0.2, 0) is 11.2 Å². The second-order valence-electron chi connectivity index (χ2n) is 3.24. The standard InChI is InChI=1S/C12H14O3/c13-9-1-2-10-3-5-11(6-4-10)7-8-12(14)15/h3-8,13H,1-2,9H2,(H,14,15). The molecule has 0 fully saturated rings. The summed E-state index contributed by atoms with van der Waals surface area (Å²) in [7, 11) is 0. The fourth-order valence-corrected chi connectivity index (χ4v) is 1.25. The van der Waals surface area contributed by atoms with Gasteiger partial charge in [-0.15, -0.1) is 0 Å². The Hall–Kier alpha value is -1.61. The fourth-order valence-electron chi connectivity index (χ4n) is 1.25. The molecule has 15 heavy (non-hydrogen) atoms. The minimum absolute atomic E-state index is 0.195. The Morgan fingerprint density at radius 1 is 1.27 bits per heavy atom. The predicted octanol–water partition coefficient (Wildman–Crippen LogP) is 1.71. The third-order valence-corrected chi connectivity index (χ3v) is 2.02. The molecule has 0 aliphatic rings. The van der Waals surface area contributed by atoms with Crippen LogP contribution in [-0.4, -0.2) is 22.8 Å². The molecule has 0 atom stereocenters. The molecule has 0 radical (unpaired) electrons. The second-order valence-corrected chi connectivity index (χ2v) is 3.24. The molecule has 0 unspecified atom stereocenters. The summed E-state index contributed by atoms with van der Waals surface area (Å²) in [6.07, 6.45) is 4.27. The maximum Gasteiger partial charge on any atom is 0.328 e. The Balaban J connectivity index is 2.60. The van der Waals surface area contributed by atoms with Crippen LogP contribution in [0.25, 0.3) is 6.08 Å². The van der Waals surface area contributed by atoms with Crippen molar-refractivity contribution in [1.82, 2.24) is 0 Å². The van der Waals surface area contributed by atoms with E-state index in [1.165, 1.54) is 0 Å². The van der Waals surface area contributed by atoms with Gasteiger partial charge in [0.05, 0.1) is 0 Å². The van der Waals surface area contributed by atoms with Gasteiger partial charge in [0.2, 0.25) is 0 Å². The summed E-state index contributed by atoms with van der Waals surface area (Å²) in [5.74, 6) is -0.945. The number of carboxylic acids is 1. The molecule has 3 nitrogen and oxygen atoms in total. The van der Waals surface area contributed by atoms with Gasteiger partial charge in [-0.2, -0.15) is 0 Å². The molecule has 2 N–H and O–H groups in total. The number of hydrogen-bond donors (Lipinski definition) is 2. The van der Waals surface area contributed by atoms with E-state index in [2.05, 4.69) is 0 Å². The Morgan fingerprint density at radius 2 is 1.93 bits per heavy atom. The molecule has 0 aliphatic carbocycles. The number of carboxylic acid groups (broad SMARTS) is 1. The first-order valence-corrected chi connectivity index (χ1v) is 4.83. The topological polar surface area (TPSA) is 57.5 Å². The van der Waals surface area contributed by atoms with E-state index in [9.17, 15) is 4.79 Å². The van der Waals surface area contributed by atoms with Crippen molar-refractivity contribution in [1.29, 1.82) is 0 Å². The Labute approximate surface area is 88.7 Å². The highest BCUT2D eigenvalue weighted by Gasteiger charge is 1.93. The summed E-state index contributed by atoms with van der Waals surface area (Å²) < 4.78 is 0. The smallest absolute Gasteiger partial charge is 0.328 e. The van der Waals surface area contributed by atoms with E-state index in [4.69, 9.17) is 10.2 Å². The number of aliphatic carboxylic acids is 1. The van der Waals surface area contributed by atoms with Crippen molar-refractivity contribution in [3.63, 3.8) is 0 Å². The van der Waals surface area contributed by atoms with E-state index < -0.39 is 5.97 Å². The van der Waals surface area contributed by atoms with Crippen LogP contribution in [0.5, 0.6) is 0 Å². The average Bonchev–Trinajstić information content (AvgIpc) is 2.25. The highest BCUT2D eigenvalue weighted by Crippen LogP contribution is 2.07. The van der Waals surface area contributed by atoms with Crippen molar-refractivity contribution in [3.05, 3.63) is 41.5 Å². The van der Waals surface area contributed by atoms with Gasteiger partial charge in [0, 0.05) is 12.7 Å². The van der Waals surface area contributed by atoms with Gasteiger partial charge in [0.15, 0.2) is 0 Å². The van der Waals surface area contributed by atoms with E-state index >= 15 is 0 Å². The molecule has 0 amide bonds. The molecule has 0 saturated heterocycles. The van der Waals surface area contributed by atoms with Gasteiger partial charge in [-0.3, -0.25) is 0 Å². The van der Waals surface area contributed by atoms with Crippen molar-refractivity contribution in [3.8, 4) is 0 Å². The molecule has 0 aromatic heterocycles. The predicted molar refractivity (Wildman–Crippen MR) is 58.5 cm³/mol. The first-order chi connectivity index (χ1) is 7.22. The number of aryl methyl sites for hydroxylation is 1. The molecule has 1 rings (SSSR count). The molecule has 0 aliphatic heterocycles. The van der Waals surface area contributed by atoms with Crippen LogP contribution in [0.1, 0.15) is 17.5 Å². The molecule has 0 spiro atoms. The maximum absolute atomic E-state index is 10.3. The van der Waals surface area contributed by atoms with Crippen LogP contribution in [0.15, 0.2) is 30.3 Å². The Bertz CT molecular complexity index is 338. The van der Waals surface area contributed by atoms with Gasteiger partial charge in [-0.1, -0.05) is 24.3 Å².